The summed E-state index contributed by atoms with van der Waals surface area (Å²) >= 11 is 0. The summed E-state index contributed by atoms with van der Waals surface area (Å²) < 4.78 is 5.33. The van der Waals surface area contributed by atoms with Gasteiger partial charge in [-0.15, -0.1) is 24.0 Å². The first kappa shape index (κ1) is 16.1. The first-order chi connectivity index (χ1) is 8.60. The fourth-order valence-corrected chi connectivity index (χ4v) is 1.81. The van der Waals surface area contributed by atoms with Crippen LogP contribution in [0.25, 0.3) is 0 Å². The Balaban J connectivity index is 0.00000180. The van der Waals surface area contributed by atoms with Crippen molar-refractivity contribution in [2.75, 3.05) is 18.5 Å². The van der Waals surface area contributed by atoms with Crippen LogP contribution >= 0.6 is 24.0 Å². The van der Waals surface area contributed by atoms with Crippen molar-refractivity contribution in [3.05, 3.63) is 24.4 Å². The van der Waals surface area contributed by atoms with E-state index in [0.29, 0.717) is 18.8 Å². The molecule has 0 amide bonds. The molecule has 1 aliphatic heterocycles. The lowest BCUT2D eigenvalue weighted by molar-refractivity contribution is -0.0201. The number of rotatable bonds is 3. The highest BCUT2D eigenvalue weighted by Gasteiger charge is 2.39. The summed E-state index contributed by atoms with van der Waals surface area (Å²) in [4.78, 5) is 8.21. The molecule has 19 heavy (non-hydrogen) atoms. The van der Waals surface area contributed by atoms with Crippen LogP contribution in [0.3, 0.4) is 0 Å². The molecule has 2 atom stereocenters. The van der Waals surface area contributed by atoms with Gasteiger partial charge in [-0.1, -0.05) is 6.07 Å². The largest absolute Gasteiger partial charge is 0.385 e. The molecule has 1 fully saturated rings. The Hall–Kier alpha value is -0.930. The van der Waals surface area contributed by atoms with Gasteiger partial charge in [-0.2, -0.15) is 0 Å². The number of hydrogen-bond acceptors (Lipinski definition) is 4. The molecule has 0 radical (unpaired) electrons. The number of pyridine rings is 1. The average Bonchev–Trinajstić information content (AvgIpc) is 2.69. The fourth-order valence-electron chi connectivity index (χ4n) is 1.81. The number of nitrogens with one attached hydrogen (secondary N) is 1. The lowest BCUT2D eigenvalue weighted by Crippen LogP contribution is -2.40. The number of hydrogen-bond donors (Lipinski definition) is 3. The van der Waals surface area contributed by atoms with Crippen molar-refractivity contribution in [1.82, 2.24) is 4.98 Å². The van der Waals surface area contributed by atoms with Gasteiger partial charge in [-0.05, 0) is 19.1 Å². The van der Waals surface area contributed by atoms with E-state index in [1.54, 1.807) is 12.3 Å². The highest BCUT2D eigenvalue weighted by atomic mass is 127. The molecular weight excluding hydrogens is 359 g/mol. The molecule has 4 N–H and O–H groups in total. The SMILES string of the molecule is CC1OCCC1(O)CN=C(N)Nc1ccccn1.I. The molecule has 2 heterocycles. The zero-order valence-electron chi connectivity index (χ0n) is 10.7. The number of nitrogens with two attached hydrogens (primary N) is 1. The molecular formula is C12H19IN4O2. The maximum atomic E-state index is 10.2. The van der Waals surface area contributed by atoms with Gasteiger partial charge in [0.2, 0.25) is 0 Å². The van der Waals surface area contributed by atoms with E-state index >= 15 is 0 Å². The summed E-state index contributed by atoms with van der Waals surface area (Å²) in [5.74, 6) is 0.864. The molecule has 0 aromatic carbocycles. The minimum Gasteiger partial charge on any atom is -0.385 e. The molecule has 7 heteroatoms. The minimum absolute atomic E-state index is 0. The first-order valence-electron chi connectivity index (χ1n) is 5.92. The van der Waals surface area contributed by atoms with Gasteiger partial charge in [0, 0.05) is 19.2 Å². The van der Waals surface area contributed by atoms with Crippen molar-refractivity contribution in [2.45, 2.75) is 25.0 Å². The van der Waals surface area contributed by atoms with E-state index in [9.17, 15) is 5.11 Å². The first-order valence-corrected chi connectivity index (χ1v) is 5.92. The number of nitrogens with zero attached hydrogens (tertiary/aromatic N) is 2. The number of anilines is 1. The van der Waals surface area contributed by atoms with Crippen molar-refractivity contribution in [2.24, 2.45) is 10.7 Å². The predicted molar refractivity (Wildman–Crippen MR) is 84.7 cm³/mol. The molecule has 6 nitrogen and oxygen atoms in total. The molecule has 1 aromatic rings. The molecule has 0 bridgehead atoms. The Morgan fingerprint density at radius 1 is 1.68 bits per heavy atom. The fraction of sp³-hybridized carbons (Fsp3) is 0.500. The Bertz CT molecular complexity index is 429. The van der Waals surface area contributed by atoms with Gasteiger partial charge in [0.1, 0.15) is 11.4 Å². The van der Waals surface area contributed by atoms with Crippen LogP contribution in [0.4, 0.5) is 5.82 Å². The van der Waals surface area contributed by atoms with E-state index in [-0.39, 0.29) is 42.6 Å². The Labute approximate surface area is 129 Å². The predicted octanol–water partition coefficient (Wildman–Crippen LogP) is 0.966. The monoisotopic (exact) mass is 378 g/mol. The maximum Gasteiger partial charge on any atom is 0.194 e. The minimum atomic E-state index is -0.920. The quantitative estimate of drug-likeness (QED) is 0.414. The highest BCUT2D eigenvalue weighted by Crippen LogP contribution is 2.25. The lowest BCUT2D eigenvalue weighted by Gasteiger charge is -2.23. The van der Waals surface area contributed by atoms with E-state index in [1.165, 1.54) is 0 Å². The van der Waals surface area contributed by atoms with Gasteiger partial charge in [0.25, 0.3) is 0 Å². The second-order valence-electron chi connectivity index (χ2n) is 4.41. The van der Waals surface area contributed by atoms with Crippen molar-refractivity contribution < 1.29 is 9.84 Å². The van der Waals surface area contributed by atoms with E-state index in [4.69, 9.17) is 10.5 Å². The summed E-state index contributed by atoms with van der Waals surface area (Å²) in [5, 5.41) is 13.1. The van der Waals surface area contributed by atoms with Gasteiger partial charge in [0.15, 0.2) is 5.96 Å². The zero-order valence-corrected chi connectivity index (χ0v) is 13.1. The molecule has 2 rings (SSSR count). The van der Waals surface area contributed by atoms with Crippen molar-refractivity contribution >= 4 is 35.8 Å². The number of halogens is 1. The molecule has 0 saturated carbocycles. The molecule has 106 valence electrons. The smallest absolute Gasteiger partial charge is 0.194 e. The van der Waals surface area contributed by atoms with E-state index in [2.05, 4.69) is 15.3 Å². The molecule has 0 aliphatic carbocycles. The summed E-state index contributed by atoms with van der Waals surface area (Å²) in [5.41, 5.74) is 4.81. The van der Waals surface area contributed by atoms with Crippen LogP contribution in [-0.2, 0) is 4.74 Å². The third kappa shape index (κ3) is 4.29. The Kier molecular flexibility index (Phi) is 5.95. The van der Waals surface area contributed by atoms with Crippen LogP contribution in [0.1, 0.15) is 13.3 Å². The summed E-state index contributed by atoms with van der Waals surface area (Å²) in [7, 11) is 0. The number of guanidine groups is 1. The zero-order chi connectivity index (χ0) is 13.0. The normalized spacial score (nSPS) is 26.8. The van der Waals surface area contributed by atoms with Crippen LogP contribution in [-0.4, -0.2) is 40.9 Å². The second-order valence-corrected chi connectivity index (χ2v) is 4.41. The van der Waals surface area contributed by atoms with E-state index in [0.717, 1.165) is 0 Å². The maximum absolute atomic E-state index is 10.2. The highest BCUT2D eigenvalue weighted by molar-refractivity contribution is 14.0. The van der Waals surface area contributed by atoms with E-state index in [1.807, 2.05) is 19.1 Å². The molecule has 1 saturated heterocycles. The number of ether oxygens (including phenoxy) is 1. The number of aliphatic imine (C=N–C) groups is 1. The van der Waals surface area contributed by atoms with Crippen LogP contribution < -0.4 is 11.1 Å². The van der Waals surface area contributed by atoms with E-state index < -0.39 is 5.60 Å². The van der Waals surface area contributed by atoms with Gasteiger partial charge < -0.3 is 20.9 Å². The number of aliphatic hydroxyl groups is 1. The second kappa shape index (κ2) is 7.01. The Morgan fingerprint density at radius 2 is 2.47 bits per heavy atom. The van der Waals surface area contributed by atoms with Crippen molar-refractivity contribution in [3.63, 3.8) is 0 Å². The third-order valence-corrected chi connectivity index (χ3v) is 3.10. The molecule has 0 spiro atoms. The van der Waals surface area contributed by atoms with Gasteiger partial charge in [-0.25, -0.2) is 4.98 Å². The summed E-state index contributed by atoms with van der Waals surface area (Å²) in [6.07, 6.45) is 2.02. The van der Waals surface area contributed by atoms with Gasteiger partial charge in [0.05, 0.1) is 12.6 Å². The van der Waals surface area contributed by atoms with Crippen LogP contribution in [0.5, 0.6) is 0 Å². The lowest BCUT2D eigenvalue weighted by atomic mass is 9.97. The molecule has 2 unspecified atom stereocenters. The molecule has 1 aliphatic rings. The third-order valence-electron chi connectivity index (χ3n) is 3.10. The van der Waals surface area contributed by atoms with Crippen LogP contribution in [0, 0.1) is 0 Å². The summed E-state index contributed by atoms with van der Waals surface area (Å²) in [6, 6.07) is 5.46. The van der Waals surface area contributed by atoms with Gasteiger partial charge in [-0.3, -0.25) is 4.99 Å². The van der Waals surface area contributed by atoms with Crippen molar-refractivity contribution in [1.29, 1.82) is 0 Å². The Morgan fingerprint density at radius 3 is 3.05 bits per heavy atom. The van der Waals surface area contributed by atoms with Crippen LogP contribution in [0.2, 0.25) is 0 Å². The van der Waals surface area contributed by atoms with Gasteiger partial charge >= 0.3 is 0 Å². The topological polar surface area (TPSA) is 92.8 Å². The van der Waals surface area contributed by atoms with Crippen molar-refractivity contribution in [3.8, 4) is 0 Å². The number of aromatic nitrogens is 1. The average molecular weight is 378 g/mol. The standard InChI is InChI=1S/C12H18N4O2.HI/c1-9-12(17,5-7-18-9)8-15-11(13)16-10-4-2-3-6-14-10;/h2-4,6,9,17H,5,7-8H2,1H3,(H3,13,14,15,16);1H. The molecule has 1 aromatic heterocycles. The van der Waals surface area contributed by atoms with Crippen LogP contribution in [0.15, 0.2) is 29.4 Å². The summed E-state index contributed by atoms with van der Waals surface area (Å²) in [6.45, 7) is 2.62.